The maximum absolute atomic E-state index is 12.9. The van der Waals surface area contributed by atoms with E-state index in [0.29, 0.717) is 0 Å². The van der Waals surface area contributed by atoms with Crippen LogP contribution in [0.5, 0.6) is 0 Å². The van der Waals surface area contributed by atoms with Gasteiger partial charge in [0.15, 0.2) is 9.84 Å². The number of carbonyl (C=O) groups is 1. The van der Waals surface area contributed by atoms with Gasteiger partial charge in [-0.3, -0.25) is 4.79 Å². The van der Waals surface area contributed by atoms with E-state index in [4.69, 9.17) is 0 Å². The third-order valence-corrected chi connectivity index (χ3v) is 6.09. The van der Waals surface area contributed by atoms with Gasteiger partial charge in [-0.25, -0.2) is 13.4 Å². The minimum atomic E-state index is -3.24. The average Bonchev–Trinajstić information content (AvgIpc) is 2.92. The van der Waals surface area contributed by atoms with Crippen LogP contribution in [0.15, 0.2) is 35.4 Å². The molecule has 1 aromatic heterocycles. The van der Waals surface area contributed by atoms with Crippen molar-refractivity contribution in [1.82, 2.24) is 15.3 Å². The smallest absolute Gasteiger partial charge is 0.231 e. The Morgan fingerprint density at radius 1 is 1.28 bits per heavy atom. The molecule has 0 aliphatic heterocycles. The van der Waals surface area contributed by atoms with E-state index in [0.717, 1.165) is 36.3 Å². The molecular formula is C18H23N3O3S. The molecule has 1 aliphatic rings. The van der Waals surface area contributed by atoms with Gasteiger partial charge in [0.05, 0.1) is 16.4 Å². The van der Waals surface area contributed by atoms with Crippen molar-refractivity contribution in [2.45, 2.75) is 49.5 Å². The molecule has 1 aromatic carbocycles. The van der Waals surface area contributed by atoms with Gasteiger partial charge in [-0.1, -0.05) is 18.6 Å². The van der Waals surface area contributed by atoms with Crippen LogP contribution in [0.1, 0.15) is 49.3 Å². The lowest BCUT2D eigenvalue weighted by Crippen LogP contribution is -2.49. The number of nitrogens with zero attached hydrogens (tertiary/aromatic N) is 1. The fourth-order valence-electron chi connectivity index (χ4n) is 3.25. The number of H-pyrrole nitrogens is 1. The van der Waals surface area contributed by atoms with Crippen molar-refractivity contribution >= 4 is 15.7 Å². The van der Waals surface area contributed by atoms with Crippen molar-refractivity contribution in [1.29, 1.82) is 0 Å². The molecule has 7 heteroatoms. The SMILES string of the molecule is Cc1cnc(C(C)NC(=O)C2(c3ccc(S(C)(=O)=O)cc3)CCC2)[nH]1. The molecule has 0 spiro atoms. The van der Waals surface area contributed by atoms with Gasteiger partial charge in [0, 0.05) is 18.1 Å². The van der Waals surface area contributed by atoms with Crippen LogP contribution < -0.4 is 5.32 Å². The molecule has 1 saturated carbocycles. The Labute approximate surface area is 148 Å². The second kappa shape index (κ2) is 6.29. The molecule has 1 heterocycles. The summed E-state index contributed by atoms with van der Waals surface area (Å²) in [6.45, 7) is 3.82. The molecule has 1 unspecified atom stereocenters. The Bertz CT molecular complexity index is 881. The van der Waals surface area contributed by atoms with E-state index in [2.05, 4.69) is 15.3 Å². The Hall–Kier alpha value is -2.15. The molecule has 25 heavy (non-hydrogen) atoms. The molecule has 1 atom stereocenters. The number of aryl methyl sites for hydroxylation is 1. The monoisotopic (exact) mass is 361 g/mol. The highest BCUT2D eigenvalue weighted by atomic mass is 32.2. The summed E-state index contributed by atoms with van der Waals surface area (Å²) >= 11 is 0. The maximum atomic E-state index is 12.9. The number of benzene rings is 1. The van der Waals surface area contributed by atoms with Crippen LogP contribution in [0.4, 0.5) is 0 Å². The second-order valence-electron chi connectivity index (χ2n) is 6.88. The van der Waals surface area contributed by atoms with E-state index in [1.165, 1.54) is 6.26 Å². The van der Waals surface area contributed by atoms with Crippen molar-refractivity contribution in [3.05, 3.63) is 47.5 Å². The van der Waals surface area contributed by atoms with Crippen LogP contribution >= 0.6 is 0 Å². The van der Waals surface area contributed by atoms with Crippen LogP contribution in [0.2, 0.25) is 0 Å². The van der Waals surface area contributed by atoms with Gasteiger partial charge >= 0.3 is 0 Å². The van der Waals surface area contributed by atoms with Crippen molar-refractivity contribution in [2.75, 3.05) is 6.26 Å². The zero-order chi connectivity index (χ0) is 18.2. The maximum Gasteiger partial charge on any atom is 0.231 e. The molecular weight excluding hydrogens is 338 g/mol. The number of imidazole rings is 1. The van der Waals surface area contributed by atoms with E-state index in [1.54, 1.807) is 30.5 Å². The molecule has 134 valence electrons. The highest BCUT2D eigenvalue weighted by molar-refractivity contribution is 7.90. The first-order chi connectivity index (χ1) is 11.7. The van der Waals surface area contributed by atoms with E-state index in [9.17, 15) is 13.2 Å². The van der Waals surface area contributed by atoms with Crippen LogP contribution in [0, 0.1) is 6.92 Å². The lowest BCUT2D eigenvalue weighted by atomic mass is 9.63. The van der Waals surface area contributed by atoms with Crippen molar-refractivity contribution in [2.24, 2.45) is 0 Å². The topological polar surface area (TPSA) is 91.9 Å². The number of nitrogens with one attached hydrogen (secondary N) is 2. The molecule has 1 fully saturated rings. The van der Waals surface area contributed by atoms with Crippen LogP contribution in [0.3, 0.4) is 0 Å². The number of aromatic amines is 1. The first kappa shape index (κ1) is 17.7. The van der Waals surface area contributed by atoms with Gasteiger partial charge in [-0.15, -0.1) is 0 Å². The Morgan fingerprint density at radius 2 is 1.92 bits per heavy atom. The molecule has 0 bridgehead atoms. The van der Waals surface area contributed by atoms with Crippen molar-refractivity contribution < 1.29 is 13.2 Å². The summed E-state index contributed by atoms with van der Waals surface area (Å²) in [5, 5.41) is 3.04. The number of sulfone groups is 1. The predicted octanol–water partition coefficient (Wildman–Crippen LogP) is 2.42. The van der Waals surface area contributed by atoms with Crippen LogP contribution in [0.25, 0.3) is 0 Å². The van der Waals surface area contributed by atoms with Crippen molar-refractivity contribution in [3.8, 4) is 0 Å². The van der Waals surface area contributed by atoms with Gasteiger partial charge in [0.1, 0.15) is 5.82 Å². The molecule has 2 N–H and O–H groups in total. The van der Waals surface area contributed by atoms with Crippen LogP contribution in [-0.2, 0) is 20.0 Å². The van der Waals surface area contributed by atoms with Gasteiger partial charge in [-0.05, 0) is 44.4 Å². The number of hydrogen-bond donors (Lipinski definition) is 2. The third-order valence-electron chi connectivity index (χ3n) is 4.96. The quantitative estimate of drug-likeness (QED) is 0.855. The van der Waals surface area contributed by atoms with E-state index >= 15 is 0 Å². The molecule has 2 aromatic rings. The molecule has 0 radical (unpaired) electrons. The normalized spacial score (nSPS) is 17.6. The van der Waals surface area contributed by atoms with E-state index < -0.39 is 15.3 Å². The summed E-state index contributed by atoms with van der Waals surface area (Å²) in [4.78, 5) is 20.6. The standard InChI is InChI=1S/C18H23N3O3S/c1-12-11-19-16(20-12)13(2)21-17(22)18(9-4-10-18)14-5-7-15(8-6-14)25(3,23)24/h5-8,11,13H,4,9-10H2,1-3H3,(H,19,20)(H,21,22). The Kier molecular flexibility index (Phi) is 4.45. The Morgan fingerprint density at radius 3 is 2.36 bits per heavy atom. The lowest BCUT2D eigenvalue weighted by Gasteiger charge is -2.41. The summed E-state index contributed by atoms with van der Waals surface area (Å²) in [5.74, 6) is 0.695. The number of rotatable bonds is 5. The van der Waals surface area contributed by atoms with Crippen LogP contribution in [-0.4, -0.2) is 30.5 Å². The Balaban J connectivity index is 1.81. The first-order valence-electron chi connectivity index (χ1n) is 8.35. The molecule has 6 nitrogen and oxygen atoms in total. The summed E-state index contributed by atoms with van der Waals surface area (Å²) in [7, 11) is -3.24. The zero-order valence-corrected chi connectivity index (χ0v) is 15.5. The highest BCUT2D eigenvalue weighted by Gasteiger charge is 2.46. The fraction of sp³-hybridized carbons (Fsp3) is 0.444. The lowest BCUT2D eigenvalue weighted by molar-refractivity contribution is -0.130. The average molecular weight is 361 g/mol. The minimum Gasteiger partial charge on any atom is -0.346 e. The second-order valence-corrected chi connectivity index (χ2v) is 8.89. The molecule has 3 rings (SSSR count). The summed E-state index contributed by atoms with van der Waals surface area (Å²) < 4.78 is 23.3. The molecule has 1 aliphatic carbocycles. The summed E-state index contributed by atoms with van der Waals surface area (Å²) in [6, 6.07) is 6.47. The molecule has 1 amide bonds. The summed E-state index contributed by atoms with van der Waals surface area (Å²) in [6.07, 6.45) is 5.43. The molecule has 0 saturated heterocycles. The van der Waals surface area contributed by atoms with Gasteiger partial charge in [0.2, 0.25) is 5.91 Å². The van der Waals surface area contributed by atoms with Crippen molar-refractivity contribution in [3.63, 3.8) is 0 Å². The zero-order valence-electron chi connectivity index (χ0n) is 14.7. The fourth-order valence-corrected chi connectivity index (χ4v) is 3.88. The largest absolute Gasteiger partial charge is 0.346 e. The number of amides is 1. The van der Waals surface area contributed by atoms with E-state index in [-0.39, 0.29) is 16.8 Å². The van der Waals surface area contributed by atoms with E-state index in [1.807, 2.05) is 13.8 Å². The third kappa shape index (κ3) is 3.33. The van der Waals surface area contributed by atoms with Gasteiger partial charge in [-0.2, -0.15) is 0 Å². The number of hydrogen-bond acceptors (Lipinski definition) is 4. The van der Waals surface area contributed by atoms with Gasteiger partial charge < -0.3 is 10.3 Å². The number of aromatic nitrogens is 2. The minimum absolute atomic E-state index is 0.0348. The predicted molar refractivity (Wildman–Crippen MR) is 95.0 cm³/mol. The summed E-state index contributed by atoms with van der Waals surface area (Å²) in [5.41, 5.74) is 1.24. The first-order valence-corrected chi connectivity index (χ1v) is 10.2. The highest BCUT2D eigenvalue weighted by Crippen LogP contribution is 2.44. The number of carbonyl (C=O) groups excluding carboxylic acids is 1. The van der Waals surface area contributed by atoms with Gasteiger partial charge in [0.25, 0.3) is 0 Å².